The summed E-state index contributed by atoms with van der Waals surface area (Å²) in [5.74, 6) is 0. The maximum absolute atomic E-state index is 6.37. The smallest absolute Gasteiger partial charge is 0.0925 e. The zero-order valence-electron chi connectivity index (χ0n) is 9.65. The minimum Gasteiger partial charge on any atom is -0.381 e. The zero-order chi connectivity index (χ0) is 11.4. The molecule has 0 aliphatic carbocycles. The molecule has 90 valence electrons. The molecule has 0 spiro atoms. The molecule has 0 amide bonds. The predicted octanol–water partition coefficient (Wildman–Crippen LogP) is 2.33. The van der Waals surface area contributed by atoms with Crippen LogP contribution in [-0.2, 0) is 9.47 Å². The van der Waals surface area contributed by atoms with Crippen LogP contribution in [0.15, 0.2) is 17.5 Å². The largest absolute Gasteiger partial charge is 0.381 e. The average Bonchev–Trinajstić information content (AvgIpc) is 2.83. The average molecular weight is 241 g/mol. The molecule has 1 aromatic rings. The van der Waals surface area contributed by atoms with Crippen LogP contribution in [0.2, 0.25) is 0 Å². The molecule has 0 radical (unpaired) electrons. The quantitative estimate of drug-likeness (QED) is 0.880. The summed E-state index contributed by atoms with van der Waals surface area (Å²) in [4.78, 5) is 1.20. The van der Waals surface area contributed by atoms with Crippen LogP contribution in [0.5, 0.6) is 0 Å². The van der Waals surface area contributed by atoms with E-state index in [9.17, 15) is 0 Å². The van der Waals surface area contributed by atoms with Crippen molar-refractivity contribution >= 4 is 11.3 Å². The Hall–Kier alpha value is -0.420. The molecule has 3 nitrogen and oxygen atoms in total. The van der Waals surface area contributed by atoms with E-state index < -0.39 is 0 Å². The zero-order valence-corrected chi connectivity index (χ0v) is 10.5. The molecule has 0 saturated carbocycles. The summed E-state index contributed by atoms with van der Waals surface area (Å²) in [6, 6.07) is 4.10. The van der Waals surface area contributed by atoms with Crippen molar-refractivity contribution in [2.75, 3.05) is 19.8 Å². The molecule has 1 aliphatic rings. The molecule has 1 atom stereocenters. The normalized spacial score (nSPS) is 21.9. The van der Waals surface area contributed by atoms with E-state index in [0.29, 0.717) is 6.61 Å². The molecular formula is C12H19NO2S. The third-order valence-corrected chi connectivity index (χ3v) is 4.14. The minimum atomic E-state index is -0.224. The third kappa shape index (κ3) is 2.30. The maximum Gasteiger partial charge on any atom is 0.0925 e. The van der Waals surface area contributed by atoms with Gasteiger partial charge < -0.3 is 15.2 Å². The van der Waals surface area contributed by atoms with Crippen LogP contribution < -0.4 is 5.73 Å². The van der Waals surface area contributed by atoms with Crippen molar-refractivity contribution in [3.8, 4) is 0 Å². The highest BCUT2D eigenvalue weighted by atomic mass is 32.1. The number of rotatable bonds is 4. The summed E-state index contributed by atoms with van der Waals surface area (Å²) in [7, 11) is 0. The van der Waals surface area contributed by atoms with E-state index in [0.717, 1.165) is 26.1 Å². The van der Waals surface area contributed by atoms with E-state index in [1.54, 1.807) is 11.3 Å². The lowest BCUT2D eigenvalue weighted by Gasteiger charge is -2.41. The van der Waals surface area contributed by atoms with E-state index in [1.165, 1.54) is 4.88 Å². The number of thiophene rings is 1. The molecule has 16 heavy (non-hydrogen) atoms. The van der Waals surface area contributed by atoms with Gasteiger partial charge in [-0.1, -0.05) is 6.07 Å². The topological polar surface area (TPSA) is 44.5 Å². The van der Waals surface area contributed by atoms with E-state index in [2.05, 4.69) is 11.4 Å². The summed E-state index contributed by atoms with van der Waals surface area (Å²) in [5, 5.41) is 2.06. The van der Waals surface area contributed by atoms with Crippen LogP contribution >= 0.6 is 11.3 Å². The van der Waals surface area contributed by atoms with Crippen LogP contribution in [0.3, 0.4) is 0 Å². The lowest BCUT2D eigenvalue weighted by molar-refractivity contribution is -0.121. The van der Waals surface area contributed by atoms with Gasteiger partial charge in [0.1, 0.15) is 0 Å². The molecule has 0 bridgehead atoms. The number of ether oxygens (including phenoxy) is 2. The fourth-order valence-corrected chi connectivity index (χ4v) is 3.11. The molecule has 1 aromatic heterocycles. The molecule has 2 N–H and O–H groups in total. The van der Waals surface area contributed by atoms with Gasteiger partial charge in [-0.2, -0.15) is 0 Å². The first-order chi connectivity index (χ1) is 7.78. The molecule has 2 heterocycles. The summed E-state index contributed by atoms with van der Waals surface area (Å²) in [6.07, 6.45) is 1.78. The molecular weight excluding hydrogens is 222 g/mol. The van der Waals surface area contributed by atoms with Crippen molar-refractivity contribution in [1.82, 2.24) is 0 Å². The van der Waals surface area contributed by atoms with Crippen LogP contribution in [0.4, 0.5) is 0 Å². The Morgan fingerprint density at radius 2 is 2.31 bits per heavy atom. The summed E-state index contributed by atoms with van der Waals surface area (Å²) in [6.45, 7) is 4.23. The van der Waals surface area contributed by atoms with Gasteiger partial charge in [-0.05, 0) is 18.4 Å². The molecule has 2 rings (SSSR count). The van der Waals surface area contributed by atoms with Crippen LogP contribution in [0.25, 0.3) is 0 Å². The summed E-state index contributed by atoms with van der Waals surface area (Å²) >= 11 is 1.70. The SMILES string of the molecule is CCOC1(C(N)c2cccs2)CCOCC1. The highest BCUT2D eigenvalue weighted by molar-refractivity contribution is 7.10. The van der Waals surface area contributed by atoms with E-state index in [-0.39, 0.29) is 11.6 Å². The van der Waals surface area contributed by atoms with Crippen molar-refractivity contribution < 1.29 is 9.47 Å². The van der Waals surface area contributed by atoms with Gasteiger partial charge in [0, 0.05) is 37.5 Å². The van der Waals surface area contributed by atoms with Crippen molar-refractivity contribution in [2.24, 2.45) is 5.73 Å². The fraction of sp³-hybridized carbons (Fsp3) is 0.667. The first-order valence-electron chi connectivity index (χ1n) is 5.79. The van der Waals surface area contributed by atoms with Crippen LogP contribution in [-0.4, -0.2) is 25.4 Å². The van der Waals surface area contributed by atoms with Crippen LogP contribution in [0.1, 0.15) is 30.7 Å². The highest BCUT2D eigenvalue weighted by Crippen LogP contribution is 2.37. The Morgan fingerprint density at radius 3 is 2.88 bits per heavy atom. The van der Waals surface area contributed by atoms with Gasteiger partial charge in [0.05, 0.1) is 11.6 Å². The van der Waals surface area contributed by atoms with E-state index in [4.69, 9.17) is 15.2 Å². The second-order valence-electron chi connectivity index (χ2n) is 4.10. The lowest BCUT2D eigenvalue weighted by atomic mass is 9.85. The van der Waals surface area contributed by atoms with Crippen LogP contribution in [0, 0.1) is 0 Å². The monoisotopic (exact) mass is 241 g/mol. The van der Waals surface area contributed by atoms with Gasteiger partial charge >= 0.3 is 0 Å². The second-order valence-corrected chi connectivity index (χ2v) is 5.08. The molecule has 1 fully saturated rings. The first kappa shape index (κ1) is 12.0. The number of nitrogens with two attached hydrogens (primary N) is 1. The van der Waals surface area contributed by atoms with Gasteiger partial charge in [-0.3, -0.25) is 0 Å². The number of hydrogen-bond acceptors (Lipinski definition) is 4. The van der Waals surface area contributed by atoms with Crippen molar-refractivity contribution in [3.63, 3.8) is 0 Å². The Morgan fingerprint density at radius 1 is 1.56 bits per heavy atom. The maximum atomic E-state index is 6.37. The molecule has 1 unspecified atom stereocenters. The standard InChI is InChI=1S/C12H19NO2S/c1-2-15-12(5-7-14-8-6-12)11(13)10-4-3-9-16-10/h3-4,9,11H,2,5-8,13H2,1H3. The first-order valence-corrected chi connectivity index (χ1v) is 6.67. The Labute approximate surface area is 101 Å². The Bertz CT molecular complexity index is 301. The van der Waals surface area contributed by atoms with Gasteiger partial charge in [-0.25, -0.2) is 0 Å². The second kappa shape index (κ2) is 5.27. The van der Waals surface area contributed by atoms with Crippen molar-refractivity contribution in [2.45, 2.75) is 31.4 Å². The minimum absolute atomic E-state index is 0.0312. The van der Waals surface area contributed by atoms with Gasteiger partial charge in [0.15, 0.2) is 0 Å². The van der Waals surface area contributed by atoms with Crippen molar-refractivity contribution in [3.05, 3.63) is 22.4 Å². The molecule has 0 aromatic carbocycles. The van der Waals surface area contributed by atoms with Crippen molar-refractivity contribution in [1.29, 1.82) is 0 Å². The van der Waals surface area contributed by atoms with E-state index in [1.807, 2.05) is 13.0 Å². The molecule has 1 saturated heterocycles. The van der Waals surface area contributed by atoms with Gasteiger partial charge in [-0.15, -0.1) is 11.3 Å². The van der Waals surface area contributed by atoms with Gasteiger partial charge in [0.25, 0.3) is 0 Å². The summed E-state index contributed by atoms with van der Waals surface area (Å²) in [5.41, 5.74) is 6.14. The highest BCUT2D eigenvalue weighted by Gasteiger charge is 2.40. The predicted molar refractivity (Wildman–Crippen MR) is 65.7 cm³/mol. The Balaban J connectivity index is 2.17. The number of hydrogen-bond donors (Lipinski definition) is 1. The Kier molecular flexibility index (Phi) is 3.97. The lowest BCUT2D eigenvalue weighted by Crippen LogP contribution is -2.47. The third-order valence-electron chi connectivity index (χ3n) is 3.19. The summed E-state index contributed by atoms with van der Waals surface area (Å²) < 4.78 is 11.4. The molecule has 1 aliphatic heterocycles. The molecule has 4 heteroatoms. The van der Waals surface area contributed by atoms with Gasteiger partial charge in [0.2, 0.25) is 0 Å². The fourth-order valence-electron chi connectivity index (χ4n) is 2.28. The van der Waals surface area contributed by atoms with E-state index >= 15 is 0 Å².